The van der Waals surface area contributed by atoms with Gasteiger partial charge in [-0.1, -0.05) is 35.3 Å². The number of carbonyl (C=O) groups excluding carboxylic acids is 2. The highest BCUT2D eigenvalue weighted by Crippen LogP contribution is 2.35. The van der Waals surface area contributed by atoms with Crippen molar-refractivity contribution in [3.05, 3.63) is 81.8 Å². The number of halogens is 2. The topological polar surface area (TPSA) is 79.5 Å². The molecule has 156 valence electrons. The monoisotopic (exact) mass is 453 g/mol. The Morgan fingerprint density at radius 3 is 2.35 bits per heavy atom. The van der Waals surface area contributed by atoms with Gasteiger partial charge in [0, 0.05) is 22.5 Å². The molecule has 0 aromatic heterocycles. The van der Waals surface area contributed by atoms with Crippen LogP contribution in [0.1, 0.15) is 11.1 Å². The van der Waals surface area contributed by atoms with Crippen LogP contribution in [0.4, 0.5) is 21.9 Å². The zero-order valence-corrected chi connectivity index (χ0v) is 17.8. The third kappa shape index (κ3) is 4.66. The number of benzene rings is 3. The molecule has 4 rings (SSSR count). The van der Waals surface area contributed by atoms with Gasteiger partial charge in [0.2, 0.25) is 0 Å². The molecule has 0 spiro atoms. The van der Waals surface area contributed by atoms with Crippen LogP contribution in [0.2, 0.25) is 10.0 Å². The Hall–Kier alpha value is -3.48. The lowest BCUT2D eigenvalue weighted by atomic mass is 10.0. The highest BCUT2D eigenvalue weighted by molar-refractivity contribution is 6.42. The minimum atomic E-state index is -0.402. The summed E-state index contributed by atoms with van der Waals surface area (Å²) in [6.07, 6.45) is 1.74. The Morgan fingerprint density at radius 2 is 1.65 bits per heavy atom. The number of urea groups is 1. The maximum Gasteiger partial charge on any atom is 0.323 e. The van der Waals surface area contributed by atoms with Crippen LogP contribution in [0.15, 0.2) is 60.7 Å². The number of amides is 3. The first-order chi connectivity index (χ1) is 14.9. The van der Waals surface area contributed by atoms with Crippen LogP contribution < -0.4 is 20.7 Å². The van der Waals surface area contributed by atoms with Crippen LogP contribution in [0.5, 0.6) is 5.75 Å². The molecule has 3 aromatic rings. The van der Waals surface area contributed by atoms with Crippen LogP contribution in [-0.2, 0) is 4.79 Å². The number of carbonyl (C=O) groups is 2. The summed E-state index contributed by atoms with van der Waals surface area (Å²) < 4.78 is 5.10. The molecule has 0 unspecified atom stereocenters. The molecule has 0 bridgehead atoms. The second-order valence-electron chi connectivity index (χ2n) is 6.75. The predicted molar refractivity (Wildman–Crippen MR) is 125 cm³/mol. The first-order valence-electron chi connectivity index (χ1n) is 9.27. The van der Waals surface area contributed by atoms with Crippen molar-refractivity contribution in [2.75, 3.05) is 23.1 Å². The third-order valence-electron chi connectivity index (χ3n) is 4.66. The number of nitrogens with one attached hydrogen (secondary N) is 3. The first-order valence-corrected chi connectivity index (χ1v) is 10.0. The Bertz CT molecular complexity index is 1210. The third-order valence-corrected chi connectivity index (χ3v) is 5.40. The van der Waals surface area contributed by atoms with E-state index in [1.54, 1.807) is 73.8 Å². The maximum atomic E-state index is 12.5. The molecular formula is C23H17Cl2N3O3. The van der Waals surface area contributed by atoms with Crippen molar-refractivity contribution in [1.29, 1.82) is 0 Å². The van der Waals surface area contributed by atoms with Gasteiger partial charge in [-0.2, -0.15) is 0 Å². The van der Waals surface area contributed by atoms with Crippen LogP contribution in [0.25, 0.3) is 11.6 Å². The lowest BCUT2D eigenvalue weighted by Gasteiger charge is -2.09. The molecule has 31 heavy (non-hydrogen) atoms. The average Bonchev–Trinajstić information content (AvgIpc) is 3.05. The molecule has 6 nitrogen and oxygen atoms in total. The van der Waals surface area contributed by atoms with Gasteiger partial charge < -0.3 is 20.7 Å². The zero-order chi connectivity index (χ0) is 22.0. The van der Waals surface area contributed by atoms with Crippen LogP contribution in [0.3, 0.4) is 0 Å². The van der Waals surface area contributed by atoms with Gasteiger partial charge in [-0.05, 0) is 60.2 Å². The molecule has 3 amide bonds. The molecule has 0 saturated carbocycles. The van der Waals surface area contributed by atoms with Crippen LogP contribution >= 0.6 is 23.2 Å². The minimum Gasteiger partial charge on any atom is -0.497 e. The SMILES string of the molecule is COc1ccc(NC(=O)Nc2ccc3c(c2)NC(=O)/C3=C/c2ccc(Cl)c(Cl)c2)cc1. The molecule has 1 heterocycles. The predicted octanol–water partition coefficient (Wildman–Crippen LogP) is 6.14. The van der Waals surface area contributed by atoms with Gasteiger partial charge >= 0.3 is 6.03 Å². The van der Waals surface area contributed by atoms with E-state index in [0.29, 0.717) is 38.4 Å². The van der Waals surface area contributed by atoms with Crippen molar-refractivity contribution in [3.8, 4) is 5.75 Å². The summed E-state index contributed by atoms with van der Waals surface area (Å²) in [5, 5.41) is 9.18. The van der Waals surface area contributed by atoms with Crippen molar-refractivity contribution in [2.45, 2.75) is 0 Å². The van der Waals surface area contributed by atoms with Gasteiger partial charge in [0.05, 0.1) is 22.8 Å². The van der Waals surface area contributed by atoms with E-state index in [-0.39, 0.29) is 5.91 Å². The molecule has 8 heteroatoms. The summed E-state index contributed by atoms with van der Waals surface area (Å²) >= 11 is 12.0. The highest BCUT2D eigenvalue weighted by Gasteiger charge is 2.24. The van der Waals surface area contributed by atoms with Gasteiger partial charge in [0.15, 0.2) is 0 Å². The molecule has 0 aliphatic carbocycles. The van der Waals surface area contributed by atoms with E-state index in [0.717, 1.165) is 11.1 Å². The summed E-state index contributed by atoms with van der Waals surface area (Å²) in [6, 6.07) is 17.0. The summed E-state index contributed by atoms with van der Waals surface area (Å²) in [4.78, 5) is 24.8. The van der Waals surface area contributed by atoms with Gasteiger partial charge in [-0.3, -0.25) is 4.79 Å². The smallest absolute Gasteiger partial charge is 0.323 e. The van der Waals surface area contributed by atoms with Crippen molar-refractivity contribution in [3.63, 3.8) is 0 Å². The van der Waals surface area contributed by atoms with Crippen molar-refractivity contribution in [2.24, 2.45) is 0 Å². The molecule has 3 N–H and O–H groups in total. The summed E-state index contributed by atoms with van der Waals surface area (Å²) in [5.41, 5.74) is 3.77. The van der Waals surface area contributed by atoms with E-state index in [9.17, 15) is 9.59 Å². The Kier molecular flexibility index (Phi) is 5.84. The largest absolute Gasteiger partial charge is 0.497 e. The average molecular weight is 454 g/mol. The maximum absolute atomic E-state index is 12.5. The first kappa shape index (κ1) is 20.8. The minimum absolute atomic E-state index is 0.235. The summed E-state index contributed by atoms with van der Waals surface area (Å²) in [6.45, 7) is 0. The fraction of sp³-hybridized carbons (Fsp3) is 0.0435. The molecule has 3 aromatic carbocycles. The van der Waals surface area contributed by atoms with E-state index in [2.05, 4.69) is 16.0 Å². The Balaban J connectivity index is 1.50. The van der Waals surface area contributed by atoms with E-state index < -0.39 is 6.03 Å². The van der Waals surface area contributed by atoms with Crippen molar-refractivity contribution < 1.29 is 14.3 Å². The van der Waals surface area contributed by atoms with E-state index in [1.807, 2.05) is 0 Å². The van der Waals surface area contributed by atoms with Crippen LogP contribution in [-0.4, -0.2) is 19.0 Å². The lowest BCUT2D eigenvalue weighted by molar-refractivity contribution is -0.110. The molecule has 0 fully saturated rings. The zero-order valence-electron chi connectivity index (χ0n) is 16.3. The van der Waals surface area contributed by atoms with Crippen molar-refractivity contribution >= 4 is 63.9 Å². The molecule has 0 atom stereocenters. The standard InChI is InChI=1S/C23H17Cl2N3O3/c1-31-16-6-3-14(4-7-16)26-23(30)27-15-5-8-17-18(22(29)28-21(17)12-15)10-13-2-9-19(24)20(25)11-13/h2-12H,1H3,(H,28,29)(H2,26,27,30)/b18-10+. The van der Waals surface area contributed by atoms with Crippen LogP contribution in [0, 0.1) is 0 Å². The van der Waals surface area contributed by atoms with E-state index in [4.69, 9.17) is 27.9 Å². The quantitative estimate of drug-likeness (QED) is 0.415. The Labute approximate surface area is 188 Å². The molecule has 0 saturated heterocycles. The second-order valence-corrected chi connectivity index (χ2v) is 7.57. The Morgan fingerprint density at radius 1 is 0.935 bits per heavy atom. The van der Waals surface area contributed by atoms with E-state index in [1.165, 1.54) is 0 Å². The fourth-order valence-corrected chi connectivity index (χ4v) is 3.46. The molecule has 1 aliphatic heterocycles. The number of anilines is 3. The number of hydrogen-bond donors (Lipinski definition) is 3. The number of fused-ring (bicyclic) bond motifs is 1. The molecule has 0 radical (unpaired) electrons. The second kappa shape index (κ2) is 8.71. The summed E-state index contributed by atoms with van der Waals surface area (Å²) in [5.74, 6) is 0.464. The number of ether oxygens (including phenoxy) is 1. The summed E-state index contributed by atoms with van der Waals surface area (Å²) in [7, 11) is 1.58. The normalized spacial score (nSPS) is 13.5. The van der Waals surface area contributed by atoms with Gasteiger partial charge in [0.25, 0.3) is 5.91 Å². The van der Waals surface area contributed by atoms with Gasteiger partial charge in [0.1, 0.15) is 5.75 Å². The highest BCUT2D eigenvalue weighted by atomic mass is 35.5. The number of methoxy groups -OCH3 is 1. The van der Waals surface area contributed by atoms with E-state index >= 15 is 0 Å². The fourth-order valence-electron chi connectivity index (χ4n) is 3.15. The number of rotatable bonds is 4. The van der Waals surface area contributed by atoms with Gasteiger partial charge in [-0.15, -0.1) is 0 Å². The molecule has 1 aliphatic rings. The molecular weight excluding hydrogens is 437 g/mol. The number of hydrogen-bond acceptors (Lipinski definition) is 3. The lowest BCUT2D eigenvalue weighted by Crippen LogP contribution is -2.19. The van der Waals surface area contributed by atoms with Gasteiger partial charge in [-0.25, -0.2) is 4.79 Å². The van der Waals surface area contributed by atoms with Crippen molar-refractivity contribution in [1.82, 2.24) is 0 Å².